The molecule has 158 valence electrons. The molecule has 3 aliphatic rings. The fraction of sp³-hybridized carbons (Fsp3) is 0.652. The molecule has 4 rings (SSSR count). The molecule has 29 heavy (non-hydrogen) atoms. The zero-order valence-corrected chi connectivity index (χ0v) is 17.6. The standard InChI is InChI=1S/C23H33N3O3/c1-16-6-3-4-7-19(16)23(28)24-13-21-18-12-17(14-25(15-18)10-11-29-2)20-8-5-9-22(27)26(20)21/h3-4,6-7,17-18,20-21H,5,8-15H2,1-2H3,(H,24,28)/t17-,18+,20+,21+/m1/s1. The van der Waals surface area contributed by atoms with Gasteiger partial charge in [0.15, 0.2) is 0 Å². The highest BCUT2D eigenvalue weighted by Gasteiger charge is 2.49. The van der Waals surface area contributed by atoms with Crippen molar-refractivity contribution in [3.63, 3.8) is 0 Å². The van der Waals surface area contributed by atoms with Crippen molar-refractivity contribution in [3.8, 4) is 0 Å². The molecule has 6 heteroatoms. The van der Waals surface area contributed by atoms with Gasteiger partial charge < -0.3 is 19.9 Å². The molecule has 0 aliphatic carbocycles. The minimum Gasteiger partial charge on any atom is -0.383 e. The Bertz CT molecular complexity index is 753. The second-order valence-electron chi connectivity index (χ2n) is 8.86. The number of nitrogens with zero attached hydrogens (tertiary/aromatic N) is 2. The van der Waals surface area contributed by atoms with Crippen molar-refractivity contribution in [1.82, 2.24) is 15.1 Å². The SMILES string of the molecule is COCCN1C[C@H]2C[C@@H](C1)[C@H](CNC(=O)c1ccccc1C)N1C(=O)CCC[C@@H]21. The van der Waals surface area contributed by atoms with E-state index in [2.05, 4.69) is 15.1 Å². The zero-order valence-electron chi connectivity index (χ0n) is 17.6. The van der Waals surface area contributed by atoms with Gasteiger partial charge in [0.1, 0.15) is 0 Å². The summed E-state index contributed by atoms with van der Waals surface area (Å²) in [6.45, 7) is 6.19. The van der Waals surface area contributed by atoms with E-state index >= 15 is 0 Å². The van der Waals surface area contributed by atoms with Gasteiger partial charge in [-0.2, -0.15) is 0 Å². The Morgan fingerprint density at radius 1 is 1.24 bits per heavy atom. The first-order valence-electron chi connectivity index (χ1n) is 10.9. The van der Waals surface area contributed by atoms with Crippen molar-refractivity contribution in [2.24, 2.45) is 11.8 Å². The number of hydrogen-bond acceptors (Lipinski definition) is 4. The maximum Gasteiger partial charge on any atom is 0.251 e. The largest absolute Gasteiger partial charge is 0.383 e. The average Bonchev–Trinajstić information content (AvgIpc) is 2.72. The molecule has 3 saturated heterocycles. The van der Waals surface area contributed by atoms with Crippen LogP contribution in [0.4, 0.5) is 0 Å². The van der Waals surface area contributed by atoms with Crippen LogP contribution in [0.1, 0.15) is 41.6 Å². The molecule has 0 spiro atoms. The molecule has 3 heterocycles. The minimum atomic E-state index is -0.0433. The average molecular weight is 400 g/mol. The van der Waals surface area contributed by atoms with Gasteiger partial charge in [0.2, 0.25) is 5.91 Å². The number of amides is 2. The fourth-order valence-corrected chi connectivity index (χ4v) is 5.66. The number of benzene rings is 1. The Kier molecular flexibility index (Phi) is 6.20. The lowest BCUT2D eigenvalue weighted by Crippen LogP contribution is -2.67. The molecule has 3 fully saturated rings. The van der Waals surface area contributed by atoms with Gasteiger partial charge in [-0.15, -0.1) is 0 Å². The van der Waals surface area contributed by atoms with Gasteiger partial charge in [0.25, 0.3) is 5.91 Å². The molecule has 3 aliphatic heterocycles. The number of methoxy groups -OCH3 is 1. The molecule has 0 unspecified atom stereocenters. The van der Waals surface area contributed by atoms with E-state index in [1.807, 2.05) is 31.2 Å². The van der Waals surface area contributed by atoms with Gasteiger partial charge in [0, 0.05) is 51.3 Å². The predicted molar refractivity (Wildman–Crippen MR) is 112 cm³/mol. The van der Waals surface area contributed by atoms with E-state index in [-0.39, 0.29) is 17.9 Å². The highest BCUT2D eigenvalue weighted by molar-refractivity contribution is 5.95. The number of carbonyl (C=O) groups excluding carboxylic acids is 2. The van der Waals surface area contributed by atoms with E-state index < -0.39 is 0 Å². The molecular weight excluding hydrogens is 366 g/mol. The van der Waals surface area contributed by atoms with Crippen LogP contribution < -0.4 is 5.32 Å². The van der Waals surface area contributed by atoms with Gasteiger partial charge in [0.05, 0.1) is 12.6 Å². The number of hydrogen-bond donors (Lipinski definition) is 1. The fourth-order valence-electron chi connectivity index (χ4n) is 5.66. The third-order valence-electron chi connectivity index (χ3n) is 7.05. The van der Waals surface area contributed by atoms with E-state index in [9.17, 15) is 9.59 Å². The third kappa shape index (κ3) is 4.19. The van der Waals surface area contributed by atoms with Gasteiger partial charge in [-0.25, -0.2) is 0 Å². The highest BCUT2D eigenvalue weighted by Crippen LogP contribution is 2.41. The van der Waals surface area contributed by atoms with Crippen LogP contribution in [0.2, 0.25) is 0 Å². The van der Waals surface area contributed by atoms with E-state index in [4.69, 9.17) is 4.74 Å². The Balaban J connectivity index is 1.50. The molecule has 6 nitrogen and oxygen atoms in total. The Morgan fingerprint density at radius 3 is 2.83 bits per heavy atom. The Labute approximate surface area is 173 Å². The zero-order chi connectivity index (χ0) is 20.4. The van der Waals surface area contributed by atoms with Crippen LogP contribution in [-0.2, 0) is 9.53 Å². The minimum absolute atomic E-state index is 0.0433. The van der Waals surface area contributed by atoms with E-state index in [1.54, 1.807) is 7.11 Å². The van der Waals surface area contributed by atoms with Crippen molar-refractivity contribution in [2.45, 2.75) is 44.7 Å². The van der Waals surface area contributed by atoms with E-state index in [1.165, 1.54) is 0 Å². The van der Waals surface area contributed by atoms with Crippen LogP contribution in [-0.4, -0.2) is 73.6 Å². The van der Waals surface area contributed by atoms with Crippen LogP contribution in [0.25, 0.3) is 0 Å². The molecule has 0 radical (unpaired) electrons. The molecule has 1 aromatic rings. The molecule has 2 amide bonds. The smallest absolute Gasteiger partial charge is 0.251 e. The number of ether oxygens (including phenoxy) is 1. The normalized spacial score (nSPS) is 29.4. The highest BCUT2D eigenvalue weighted by atomic mass is 16.5. The molecule has 1 N–H and O–H groups in total. The van der Waals surface area contributed by atoms with Crippen molar-refractivity contribution < 1.29 is 14.3 Å². The number of fused-ring (bicyclic) bond motifs is 4. The topological polar surface area (TPSA) is 61.9 Å². The molecular formula is C23H33N3O3. The molecule has 0 aromatic heterocycles. The first-order chi connectivity index (χ1) is 14.1. The summed E-state index contributed by atoms with van der Waals surface area (Å²) in [7, 11) is 1.75. The van der Waals surface area contributed by atoms with Gasteiger partial charge >= 0.3 is 0 Å². The van der Waals surface area contributed by atoms with Crippen molar-refractivity contribution in [2.75, 3.05) is 39.9 Å². The number of piperidine rings is 3. The number of aryl methyl sites for hydroxylation is 1. The van der Waals surface area contributed by atoms with Crippen LogP contribution in [0.5, 0.6) is 0 Å². The quantitative estimate of drug-likeness (QED) is 0.796. The molecule has 4 atom stereocenters. The van der Waals surface area contributed by atoms with Crippen LogP contribution in [0, 0.1) is 18.8 Å². The number of rotatable bonds is 6. The lowest BCUT2D eigenvalue weighted by molar-refractivity contribution is -0.152. The summed E-state index contributed by atoms with van der Waals surface area (Å²) in [6, 6.07) is 8.07. The Morgan fingerprint density at radius 2 is 2.03 bits per heavy atom. The van der Waals surface area contributed by atoms with Crippen LogP contribution in [0.3, 0.4) is 0 Å². The summed E-state index contributed by atoms with van der Waals surface area (Å²) < 4.78 is 5.29. The van der Waals surface area contributed by atoms with Gasteiger partial charge in [-0.1, -0.05) is 18.2 Å². The maximum atomic E-state index is 12.9. The van der Waals surface area contributed by atoms with Crippen molar-refractivity contribution in [3.05, 3.63) is 35.4 Å². The first kappa shape index (κ1) is 20.4. The summed E-state index contributed by atoms with van der Waals surface area (Å²) in [6.07, 6.45) is 3.87. The molecule has 1 aromatic carbocycles. The maximum absolute atomic E-state index is 12.9. The second kappa shape index (κ2) is 8.84. The van der Waals surface area contributed by atoms with Crippen LogP contribution in [0.15, 0.2) is 24.3 Å². The monoisotopic (exact) mass is 399 g/mol. The Hall–Kier alpha value is -1.92. The first-order valence-corrected chi connectivity index (χ1v) is 10.9. The van der Waals surface area contributed by atoms with Crippen molar-refractivity contribution in [1.29, 1.82) is 0 Å². The predicted octanol–water partition coefficient (Wildman–Crippen LogP) is 2.07. The number of likely N-dealkylation sites (tertiary alicyclic amines) is 1. The van der Waals surface area contributed by atoms with Gasteiger partial charge in [-0.3, -0.25) is 9.59 Å². The summed E-state index contributed by atoms with van der Waals surface area (Å²) in [4.78, 5) is 30.3. The number of nitrogens with one attached hydrogen (secondary N) is 1. The molecule has 2 bridgehead atoms. The van der Waals surface area contributed by atoms with E-state index in [0.29, 0.717) is 36.4 Å². The lowest BCUT2D eigenvalue weighted by atomic mass is 9.72. The van der Waals surface area contributed by atoms with E-state index in [0.717, 1.165) is 51.1 Å². The van der Waals surface area contributed by atoms with Crippen molar-refractivity contribution >= 4 is 11.8 Å². The summed E-state index contributed by atoms with van der Waals surface area (Å²) in [5.41, 5.74) is 1.69. The third-order valence-corrected chi connectivity index (χ3v) is 7.05. The van der Waals surface area contributed by atoms with Crippen LogP contribution >= 0.6 is 0 Å². The second-order valence-corrected chi connectivity index (χ2v) is 8.86. The summed E-state index contributed by atoms with van der Waals surface area (Å²) >= 11 is 0. The van der Waals surface area contributed by atoms with Gasteiger partial charge in [-0.05, 0) is 49.7 Å². The summed E-state index contributed by atoms with van der Waals surface area (Å²) in [5, 5.41) is 3.15. The number of carbonyl (C=O) groups is 2. The summed E-state index contributed by atoms with van der Waals surface area (Å²) in [5.74, 6) is 1.17. The lowest BCUT2D eigenvalue weighted by Gasteiger charge is -2.56. The molecule has 0 saturated carbocycles.